The number of rotatable bonds is 5. The highest BCUT2D eigenvalue weighted by Crippen LogP contribution is 2.38. The number of aromatic hydroxyl groups is 1. The van der Waals surface area contributed by atoms with Crippen LogP contribution in [-0.4, -0.2) is 36.8 Å². The molecular weight excluding hydrogens is 412 g/mol. The van der Waals surface area contributed by atoms with Crippen molar-refractivity contribution in [3.05, 3.63) is 90.5 Å². The number of phenols is 1. The summed E-state index contributed by atoms with van der Waals surface area (Å²) in [4.78, 5) is 13.7. The Morgan fingerprint density at radius 3 is 1.97 bits per heavy atom. The summed E-state index contributed by atoms with van der Waals surface area (Å²) in [6.45, 7) is 0.490. The molecule has 1 fully saturated rings. The quantitative estimate of drug-likeness (QED) is 0.597. The predicted octanol–water partition coefficient (Wildman–Crippen LogP) is 3.75. The lowest BCUT2D eigenvalue weighted by Crippen LogP contribution is -2.50. The van der Waals surface area contributed by atoms with Crippen LogP contribution in [-0.2, 0) is 20.2 Å². The van der Waals surface area contributed by atoms with Crippen LogP contribution in [0.5, 0.6) is 5.75 Å². The average Bonchev–Trinajstić information content (AvgIpc) is 2.81. The molecular formula is C24H24N2O4S. The van der Waals surface area contributed by atoms with Crippen LogP contribution in [0.4, 0.5) is 5.69 Å². The molecule has 2 N–H and O–H groups in total. The summed E-state index contributed by atoms with van der Waals surface area (Å²) in [5.41, 5.74) is 0.600. The topological polar surface area (TPSA) is 86.7 Å². The number of nitrogens with zero attached hydrogens (tertiary/aromatic N) is 1. The van der Waals surface area contributed by atoms with E-state index in [9.17, 15) is 18.3 Å². The molecule has 3 aromatic carbocycles. The second-order valence-electron chi connectivity index (χ2n) is 7.67. The summed E-state index contributed by atoms with van der Waals surface area (Å²) in [5.74, 6) is -0.0589. The van der Waals surface area contributed by atoms with Gasteiger partial charge in [-0.25, -0.2) is 8.42 Å². The van der Waals surface area contributed by atoms with Gasteiger partial charge in [-0.1, -0.05) is 48.5 Å². The molecule has 1 saturated heterocycles. The second-order valence-corrected chi connectivity index (χ2v) is 9.60. The summed E-state index contributed by atoms with van der Waals surface area (Å²) < 4.78 is 27.5. The number of hydrogen-bond donors (Lipinski definition) is 2. The molecule has 0 radical (unpaired) electrons. The van der Waals surface area contributed by atoms with Crippen molar-refractivity contribution in [3.8, 4) is 5.75 Å². The standard InChI is InChI=1S/C24H24N2O4S/c27-21-13-11-20(12-14-21)25-23(28)24(19-7-3-1-4-8-19)15-17-26(18-16-24)31(29,30)22-9-5-2-6-10-22/h1-14,27H,15-18H2,(H,25,28). The van der Waals surface area contributed by atoms with Gasteiger partial charge in [0.2, 0.25) is 15.9 Å². The summed E-state index contributed by atoms with van der Waals surface area (Å²) in [7, 11) is -3.61. The smallest absolute Gasteiger partial charge is 0.243 e. The zero-order valence-electron chi connectivity index (χ0n) is 16.9. The van der Waals surface area contributed by atoms with E-state index in [2.05, 4.69) is 5.32 Å². The Balaban J connectivity index is 1.60. The molecule has 0 bridgehead atoms. The number of hydrogen-bond acceptors (Lipinski definition) is 4. The van der Waals surface area contributed by atoms with Crippen LogP contribution in [0.3, 0.4) is 0 Å². The molecule has 0 spiro atoms. The third-order valence-electron chi connectivity index (χ3n) is 5.84. The fourth-order valence-electron chi connectivity index (χ4n) is 4.05. The van der Waals surface area contributed by atoms with Crippen molar-refractivity contribution in [2.45, 2.75) is 23.2 Å². The third-order valence-corrected chi connectivity index (χ3v) is 7.76. The van der Waals surface area contributed by atoms with Crippen LogP contribution >= 0.6 is 0 Å². The summed E-state index contributed by atoms with van der Waals surface area (Å²) in [5, 5.41) is 12.4. The average molecular weight is 437 g/mol. The van der Waals surface area contributed by atoms with Crippen molar-refractivity contribution in [1.29, 1.82) is 0 Å². The van der Waals surface area contributed by atoms with Gasteiger partial charge in [0.25, 0.3) is 0 Å². The first kappa shape index (κ1) is 21.1. The lowest BCUT2D eigenvalue weighted by molar-refractivity contribution is -0.123. The number of nitrogens with one attached hydrogen (secondary N) is 1. The molecule has 4 rings (SSSR count). The van der Waals surface area contributed by atoms with Gasteiger partial charge in [-0.3, -0.25) is 4.79 Å². The Hall–Kier alpha value is -3.16. The Bertz CT molecular complexity index is 1140. The number of piperidine rings is 1. The van der Waals surface area contributed by atoms with Crippen molar-refractivity contribution in [2.75, 3.05) is 18.4 Å². The Labute approximate surface area is 182 Å². The maximum atomic E-state index is 13.5. The number of anilines is 1. The largest absolute Gasteiger partial charge is 0.508 e. The van der Waals surface area contributed by atoms with Crippen LogP contribution in [0.2, 0.25) is 0 Å². The van der Waals surface area contributed by atoms with Gasteiger partial charge in [0, 0.05) is 18.8 Å². The normalized spacial score (nSPS) is 16.5. The molecule has 31 heavy (non-hydrogen) atoms. The fraction of sp³-hybridized carbons (Fsp3) is 0.208. The van der Waals surface area contributed by atoms with E-state index in [-0.39, 0.29) is 29.6 Å². The molecule has 0 atom stereocenters. The van der Waals surface area contributed by atoms with E-state index in [1.165, 1.54) is 16.4 Å². The van der Waals surface area contributed by atoms with Crippen molar-refractivity contribution in [1.82, 2.24) is 4.31 Å². The van der Waals surface area contributed by atoms with E-state index < -0.39 is 15.4 Å². The number of sulfonamides is 1. The number of amides is 1. The van der Waals surface area contributed by atoms with Crippen LogP contribution in [0.15, 0.2) is 89.8 Å². The van der Waals surface area contributed by atoms with E-state index in [1.54, 1.807) is 42.5 Å². The molecule has 160 valence electrons. The minimum absolute atomic E-state index is 0.121. The predicted molar refractivity (Wildman–Crippen MR) is 119 cm³/mol. The van der Waals surface area contributed by atoms with Crippen LogP contribution in [0, 0.1) is 0 Å². The van der Waals surface area contributed by atoms with E-state index in [4.69, 9.17) is 0 Å². The molecule has 0 saturated carbocycles. The molecule has 0 unspecified atom stereocenters. The van der Waals surface area contributed by atoms with E-state index in [0.29, 0.717) is 18.5 Å². The Morgan fingerprint density at radius 2 is 1.39 bits per heavy atom. The van der Waals surface area contributed by atoms with Gasteiger partial charge in [0.05, 0.1) is 10.3 Å². The second kappa shape index (κ2) is 8.53. The van der Waals surface area contributed by atoms with Gasteiger partial charge in [0.15, 0.2) is 0 Å². The first-order valence-electron chi connectivity index (χ1n) is 10.1. The van der Waals surface area contributed by atoms with Gasteiger partial charge in [0.1, 0.15) is 5.75 Å². The highest BCUT2D eigenvalue weighted by molar-refractivity contribution is 7.89. The molecule has 1 amide bonds. The zero-order valence-corrected chi connectivity index (χ0v) is 17.8. The molecule has 0 aromatic heterocycles. The lowest BCUT2D eigenvalue weighted by Gasteiger charge is -2.40. The maximum absolute atomic E-state index is 13.5. The summed E-state index contributed by atoms with van der Waals surface area (Å²) in [6, 6.07) is 24.2. The van der Waals surface area contributed by atoms with Crippen LogP contribution < -0.4 is 5.32 Å². The maximum Gasteiger partial charge on any atom is 0.243 e. The molecule has 1 aliphatic rings. The summed E-state index contributed by atoms with van der Waals surface area (Å²) >= 11 is 0. The van der Waals surface area contributed by atoms with E-state index in [0.717, 1.165) is 5.56 Å². The molecule has 6 nitrogen and oxygen atoms in total. The number of benzene rings is 3. The minimum atomic E-state index is -3.61. The lowest BCUT2D eigenvalue weighted by atomic mass is 9.72. The van der Waals surface area contributed by atoms with Gasteiger partial charge < -0.3 is 10.4 Å². The SMILES string of the molecule is O=C(Nc1ccc(O)cc1)C1(c2ccccc2)CCN(S(=O)(=O)c2ccccc2)CC1. The van der Waals surface area contributed by atoms with Crippen molar-refractivity contribution >= 4 is 21.6 Å². The number of carbonyl (C=O) groups is 1. The number of carbonyl (C=O) groups excluding carboxylic acids is 1. The molecule has 1 heterocycles. The molecule has 3 aromatic rings. The van der Waals surface area contributed by atoms with Gasteiger partial charge in [-0.15, -0.1) is 0 Å². The third kappa shape index (κ3) is 4.19. The van der Waals surface area contributed by atoms with Crippen LogP contribution in [0.1, 0.15) is 18.4 Å². The molecule has 7 heteroatoms. The Morgan fingerprint density at radius 1 is 0.839 bits per heavy atom. The van der Waals surface area contributed by atoms with E-state index in [1.807, 2.05) is 30.3 Å². The fourth-order valence-corrected chi connectivity index (χ4v) is 5.51. The van der Waals surface area contributed by atoms with Gasteiger partial charge in [-0.2, -0.15) is 4.31 Å². The first-order valence-corrected chi connectivity index (χ1v) is 11.6. The Kier molecular flexibility index (Phi) is 5.80. The zero-order chi connectivity index (χ0) is 21.9. The first-order chi connectivity index (χ1) is 14.9. The van der Waals surface area contributed by atoms with E-state index >= 15 is 0 Å². The van der Waals surface area contributed by atoms with Crippen LogP contribution in [0.25, 0.3) is 0 Å². The minimum Gasteiger partial charge on any atom is -0.508 e. The van der Waals surface area contributed by atoms with Crippen molar-refractivity contribution < 1.29 is 18.3 Å². The highest BCUT2D eigenvalue weighted by Gasteiger charge is 2.45. The monoisotopic (exact) mass is 436 g/mol. The molecule has 1 aliphatic heterocycles. The van der Waals surface area contributed by atoms with Gasteiger partial charge >= 0.3 is 0 Å². The summed E-state index contributed by atoms with van der Waals surface area (Å²) in [6.07, 6.45) is 0.736. The number of phenolic OH excluding ortho intramolecular Hbond substituents is 1. The molecule has 0 aliphatic carbocycles. The van der Waals surface area contributed by atoms with Gasteiger partial charge in [-0.05, 0) is 54.8 Å². The van der Waals surface area contributed by atoms with Crippen molar-refractivity contribution in [2.24, 2.45) is 0 Å². The van der Waals surface area contributed by atoms with Crippen molar-refractivity contribution in [3.63, 3.8) is 0 Å². The highest BCUT2D eigenvalue weighted by atomic mass is 32.2.